The Morgan fingerprint density at radius 1 is 0.724 bits per heavy atom. The normalized spacial score (nSPS) is 13.8. The van der Waals surface area contributed by atoms with Gasteiger partial charge in [0, 0.05) is 5.56 Å². The molecule has 0 aliphatic heterocycles. The monoisotopic (exact) mass is 492 g/mol. The SMILES string of the molecule is O=S(=O)(O)C(c1ccc(Cl)c(Cl)c1)(c1cc(O)c(Cl)c(Cl)c1)c1ccccc1O. The molecule has 29 heavy (non-hydrogen) atoms. The average molecular weight is 494 g/mol. The summed E-state index contributed by atoms with van der Waals surface area (Å²) in [6, 6.07) is 11.6. The van der Waals surface area contributed by atoms with Gasteiger partial charge in [-0.2, -0.15) is 8.42 Å². The maximum Gasteiger partial charge on any atom is 0.283 e. The van der Waals surface area contributed by atoms with Gasteiger partial charge >= 0.3 is 0 Å². The molecule has 0 aromatic heterocycles. The lowest BCUT2D eigenvalue weighted by atomic mass is 9.83. The van der Waals surface area contributed by atoms with Crippen LogP contribution in [0.5, 0.6) is 11.5 Å². The van der Waals surface area contributed by atoms with E-state index in [4.69, 9.17) is 46.4 Å². The van der Waals surface area contributed by atoms with Crippen LogP contribution in [-0.4, -0.2) is 23.2 Å². The Morgan fingerprint density at radius 3 is 1.90 bits per heavy atom. The van der Waals surface area contributed by atoms with Gasteiger partial charge in [-0.25, -0.2) is 0 Å². The lowest BCUT2D eigenvalue weighted by Gasteiger charge is -2.33. The second kappa shape index (κ2) is 7.87. The van der Waals surface area contributed by atoms with E-state index in [1.165, 1.54) is 48.5 Å². The Labute approximate surface area is 186 Å². The van der Waals surface area contributed by atoms with Gasteiger partial charge in [-0.3, -0.25) is 4.55 Å². The van der Waals surface area contributed by atoms with Crippen molar-refractivity contribution in [2.24, 2.45) is 0 Å². The zero-order chi connectivity index (χ0) is 21.6. The van der Waals surface area contributed by atoms with Crippen LogP contribution in [0.1, 0.15) is 16.7 Å². The number of halogens is 4. The molecule has 0 heterocycles. The van der Waals surface area contributed by atoms with Gasteiger partial charge in [-0.15, -0.1) is 0 Å². The van der Waals surface area contributed by atoms with Crippen molar-refractivity contribution in [2.45, 2.75) is 4.75 Å². The van der Waals surface area contributed by atoms with Gasteiger partial charge in [0.2, 0.25) is 0 Å². The molecule has 0 bridgehead atoms. The quantitative estimate of drug-likeness (QED) is 0.311. The first-order valence-corrected chi connectivity index (χ1v) is 10.8. The van der Waals surface area contributed by atoms with Gasteiger partial charge < -0.3 is 10.2 Å². The van der Waals surface area contributed by atoms with E-state index in [2.05, 4.69) is 0 Å². The molecule has 0 aliphatic rings. The number of para-hydroxylation sites is 1. The van der Waals surface area contributed by atoms with Gasteiger partial charge in [-0.1, -0.05) is 70.7 Å². The van der Waals surface area contributed by atoms with Crippen LogP contribution in [0.25, 0.3) is 0 Å². The molecule has 0 fully saturated rings. The summed E-state index contributed by atoms with van der Waals surface area (Å²) in [7, 11) is -5.06. The van der Waals surface area contributed by atoms with E-state index in [1.54, 1.807) is 0 Å². The lowest BCUT2D eigenvalue weighted by molar-refractivity contribution is 0.439. The van der Waals surface area contributed by atoms with Crippen LogP contribution in [-0.2, 0) is 14.9 Å². The molecule has 1 atom stereocenters. The minimum atomic E-state index is -5.06. The summed E-state index contributed by atoms with van der Waals surface area (Å²) in [5.74, 6) is -0.945. The Balaban J connectivity index is 2.58. The fourth-order valence-electron chi connectivity index (χ4n) is 3.18. The van der Waals surface area contributed by atoms with Crippen molar-refractivity contribution in [3.05, 3.63) is 91.4 Å². The maximum atomic E-state index is 12.9. The molecule has 3 rings (SSSR count). The van der Waals surface area contributed by atoms with Crippen molar-refractivity contribution >= 4 is 56.5 Å². The first-order chi connectivity index (χ1) is 13.5. The van der Waals surface area contributed by atoms with E-state index >= 15 is 0 Å². The van der Waals surface area contributed by atoms with E-state index in [-0.39, 0.29) is 36.8 Å². The molecule has 0 spiro atoms. The standard InChI is InChI=1S/C19H12Cl4O5S/c20-13-6-5-10(7-14(13)21)19(29(26,27)28,12-3-1-2-4-16(12)24)11-8-15(22)18(23)17(25)9-11/h1-9,24-25H,(H,26,27,28). The van der Waals surface area contributed by atoms with E-state index in [0.29, 0.717) is 0 Å². The fourth-order valence-corrected chi connectivity index (χ4v) is 5.09. The second-order valence-corrected chi connectivity index (χ2v) is 9.26. The molecule has 1 unspecified atom stereocenters. The molecular formula is C19H12Cl4O5S. The molecule has 0 saturated carbocycles. The summed E-state index contributed by atoms with van der Waals surface area (Å²) in [4.78, 5) is 0. The summed E-state index contributed by atoms with van der Waals surface area (Å²) in [5.41, 5.74) is -0.417. The van der Waals surface area contributed by atoms with Gasteiger partial charge in [0.05, 0.1) is 15.1 Å². The van der Waals surface area contributed by atoms with Crippen molar-refractivity contribution < 1.29 is 23.2 Å². The molecule has 3 aromatic rings. The smallest absolute Gasteiger partial charge is 0.283 e. The van der Waals surface area contributed by atoms with Crippen LogP contribution in [0.3, 0.4) is 0 Å². The first kappa shape index (κ1) is 22.0. The molecule has 3 aromatic carbocycles. The molecule has 5 nitrogen and oxygen atoms in total. The van der Waals surface area contributed by atoms with E-state index in [9.17, 15) is 23.2 Å². The third-order valence-electron chi connectivity index (χ3n) is 4.41. The highest BCUT2D eigenvalue weighted by molar-refractivity contribution is 7.87. The Morgan fingerprint density at radius 2 is 1.34 bits per heavy atom. The number of hydrogen-bond acceptors (Lipinski definition) is 4. The van der Waals surface area contributed by atoms with Crippen LogP contribution >= 0.6 is 46.4 Å². The zero-order valence-electron chi connectivity index (χ0n) is 14.3. The van der Waals surface area contributed by atoms with Crippen LogP contribution in [0, 0.1) is 0 Å². The van der Waals surface area contributed by atoms with Crippen LogP contribution in [0.15, 0.2) is 54.6 Å². The van der Waals surface area contributed by atoms with E-state index in [0.717, 1.165) is 6.07 Å². The maximum absolute atomic E-state index is 12.9. The minimum absolute atomic E-state index is 0.0110. The topological polar surface area (TPSA) is 94.8 Å². The summed E-state index contributed by atoms with van der Waals surface area (Å²) >= 11 is 24.0. The number of hydrogen-bond donors (Lipinski definition) is 3. The molecule has 10 heteroatoms. The van der Waals surface area contributed by atoms with Crippen LogP contribution in [0.2, 0.25) is 20.1 Å². The third-order valence-corrected chi connectivity index (χ3v) is 7.41. The number of phenolic OH excluding ortho intramolecular Hbond substituents is 2. The molecule has 152 valence electrons. The number of phenols is 2. The average Bonchev–Trinajstić information content (AvgIpc) is 2.63. The predicted octanol–water partition coefficient (Wildman–Crippen LogP) is 5.89. The van der Waals surface area contributed by atoms with Crippen molar-refractivity contribution in [3.63, 3.8) is 0 Å². The van der Waals surface area contributed by atoms with Crippen molar-refractivity contribution in [3.8, 4) is 11.5 Å². The Bertz CT molecular complexity index is 1190. The predicted molar refractivity (Wildman–Crippen MR) is 114 cm³/mol. The molecule has 3 N–H and O–H groups in total. The van der Waals surface area contributed by atoms with Crippen molar-refractivity contribution in [1.82, 2.24) is 0 Å². The first-order valence-electron chi connectivity index (χ1n) is 7.89. The van der Waals surface area contributed by atoms with Crippen molar-refractivity contribution in [2.75, 3.05) is 0 Å². The summed E-state index contributed by atoms with van der Waals surface area (Å²) in [6.07, 6.45) is 0. The molecular weight excluding hydrogens is 482 g/mol. The fraction of sp³-hybridized carbons (Fsp3) is 0.0526. The second-order valence-electron chi connectivity index (χ2n) is 6.09. The molecule has 0 amide bonds. The van der Waals surface area contributed by atoms with Gasteiger partial charge in [-0.05, 0) is 41.5 Å². The largest absolute Gasteiger partial charge is 0.508 e. The summed E-state index contributed by atoms with van der Waals surface area (Å²) in [6.45, 7) is 0. The minimum Gasteiger partial charge on any atom is -0.508 e. The van der Waals surface area contributed by atoms with Crippen LogP contribution < -0.4 is 0 Å². The van der Waals surface area contributed by atoms with E-state index < -0.39 is 26.4 Å². The number of benzene rings is 3. The van der Waals surface area contributed by atoms with Gasteiger partial charge in [0.25, 0.3) is 10.1 Å². The van der Waals surface area contributed by atoms with E-state index in [1.807, 2.05) is 0 Å². The molecule has 0 saturated heterocycles. The lowest BCUT2D eigenvalue weighted by Crippen LogP contribution is -2.38. The summed E-state index contributed by atoms with van der Waals surface area (Å²) in [5, 5.41) is 20.5. The zero-order valence-corrected chi connectivity index (χ0v) is 18.1. The van der Waals surface area contributed by atoms with Gasteiger partial charge in [0.15, 0.2) is 4.75 Å². The highest BCUT2D eigenvalue weighted by Crippen LogP contribution is 2.50. The molecule has 0 radical (unpaired) electrons. The van der Waals surface area contributed by atoms with Crippen molar-refractivity contribution in [1.29, 1.82) is 0 Å². The Hall–Kier alpha value is -1.67. The highest BCUT2D eigenvalue weighted by Gasteiger charge is 2.50. The van der Waals surface area contributed by atoms with Crippen LogP contribution in [0.4, 0.5) is 0 Å². The number of aromatic hydroxyl groups is 2. The highest BCUT2D eigenvalue weighted by atomic mass is 35.5. The van der Waals surface area contributed by atoms with Gasteiger partial charge in [0.1, 0.15) is 16.5 Å². The third kappa shape index (κ3) is 3.65. The summed E-state index contributed by atoms with van der Waals surface area (Å²) < 4.78 is 33.9. The Kier molecular flexibility index (Phi) is 5.98. The molecule has 0 aliphatic carbocycles. The number of rotatable bonds is 4.